The van der Waals surface area contributed by atoms with E-state index in [2.05, 4.69) is 76.5 Å². The van der Waals surface area contributed by atoms with Crippen molar-refractivity contribution >= 4 is 44.9 Å². The maximum Gasteiger partial charge on any atom is 0.270 e. The van der Waals surface area contributed by atoms with Crippen molar-refractivity contribution in [2.75, 3.05) is 11.6 Å². The van der Waals surface area contributed by atoms with Crippen molar-refractivity contribution in [1.82, 2.24) is 5.32 Å². The second-order valence-corrected chi connectivity index (χ2v) is 10.0. The number of rotatable bonds is 4. The summed E-state index contributed by atoms with van der Waals surface area (Å²) in [7, 11) is 0. The second kappa shape index (κ2) is 7.39. The Balaban J connectivity index is 1.51. The van der Waals surface area contributed by atoms with Gasteiger partial charge in [-0.05, 0) is 42.4 Å². The van der Waals surface area contributed by atoms with E-state index < -0.39 is 0 Å². The number of hydrogen-bond donors (Lipinski definition) is 2. The molecule has 31 heavy (non-hydrogen) atoms. The predicted molar refractivity (Wildman–Crippen MR) is 128 cm³/mol. The number of carbonyl (C=O) groups excluding carboxylic acids is 1. The molecule has 1 aliphatic carbocycles. The van der Waals surface area contributed by atoms with E-state index >= 15 is 0 Å². The Morgan fingerprint density at radius 3 is 2.52 bits per heavy atom. The van der Waals surface area contributed by atoms with Crippen molar-refractivity contribution in [2.45, 2.75) is 29.8 Å². The summed E-state index contributed by atoms with van der Waals surface area (Å²) >= 11 is 3.26. The number of thiophene rings is 1. The number of fused-ring (bicyclic) bond motifs is 3. The van der Waals surface area contributed by atoms with Crippen LogP contribution in [-0.4, -0.2) is 12.2 Å². The van der Waals surface area contributed by atoms with Gasteiger partial charge in [0.15, 0.2) is 5.69 Å². The number of pyridine rings is 1. The molecule has 2 aromatic carbocycles. The van der Waals surface area contributed by atoms with E-state index in [1.165, 1.54) is 34.6 Å². The van der Waals surface area contributed by atoms with Gasteiger partial charge in [0.25, 0.3) is 10.7 Å². The van der Waals surface area contributed by atoms with Gasteiger partial charge in [-0.3, -0.25) is 4.79 Å². The van der Waals surface area contributed by atoms with Crippen LogP contribution in [0.3, 0.4) is 0 Å². The van der Waals surface area contributed by atoms with Crippen molar-refractivity contribution in [3.63, 3.8) is 0 Å². The number of nitrogens with one attached hydrogen (secondary N) is 3. The van der Waals surface area contributed by atoms with Crippen LogP contribution in [0.15, 0.2) is 65.6 Å². The van der Waals surface area contributed by atoms with Gasteiger partial charge in [0.05, 0.1) is 11.1 Å². The zero-order chi connectivity index (χ0) is 20.9. The molecule has 1 saturated carbocycles. The van der Waals surface area contributed by atoms with Gasteiger partial charge in [0.2, 0.25) is 0 Å². The number of carbonyl (C=O) groups is 1. The fourth-order valence-corrected chi connectivity index (χ4v) is 5.78. The smallest absolute Gasteiger partial charge is 0.270 e. The highest BCUT2D eigenvalue weighted by molar-refractivity contribution is 7.98. The molecule has 4 nitrogen and oxygen atoms in total. The van der Waals surface area contributed by atoms with Gasteiger partial charge < -0.3 is 10.6 Å². The van der Waals surface area contributed by atoms with Crippen LogP contribution >= 0.6 is 23.1 Å². The fraction of sp³-hybridized carbons (Fsp3) is 0.200. The third-order valence-electron chi connectivity index (χ3n) is 6.06. The van der Waals surface area contributed by atoms with Crippen LogP contribution in [0.4, 0.5) is 5.69 Å². The zero-order valence-corrected chi connectivity index (χ0v) is 18.7. The average Bonchev–Trinajstić information content (AvgIpc) is 3.60. The Morgan fingerprint density at radius 2 is 1.81 bits per heavy atom. The van der Waals surface area contributed by atoms with E-state index in [-0.39, 0.29) is 12.1 Å². The molecule has 0 spiro atoms. The van der Waals surface area contributed by atoms with Gasteiger partial charge in [-0.2, -0.15) is 4.98 Å². The van der Waals surface area contributed by atoms with Gasteiger partial charge in [-0.15, -0.1) is 11.8 Å². The van der Waals surface area contributed by atoms with Crippen LogP contribution < -0.4 is 15.6 Å². The van der Waals surface area contributed by atoms with E-state index in [4.69, 9.17) is 0 Å². The van der Waals surface area contributed by atoms with Crippen molar-refractivity contribution < 1.29 is 9.78 Å². The number of aromatic amines is 1. The summed E-state index contributed by atoms with van der Waals surface area (Å²) in [6.07, 6.45) is 4.28. The van der Waals surface area contributed by atoms with Crippen molar-refractivity contribution in [1.29, 1.82) is 0 Å². The lowest BCUT2D eigenvalue weighted by Crippen LogP contribution is -2.37. The van der Waals surface area contributed by atoms with E-state index in [9.17, 15) is 4.79 Å². The Bertz CT molecular complexity index is 1290. The normalized spacial score (nSPS) is 17.8. The minimum absolute atomic E-state index is 0.0192. The van der Waals surface area contributed by atoms with Crippen LogP contribution in [0.2, 0.25) is 0 Å². The Hall–Kier alpha value is -2.83. The summed E-state index contributed by atoms with van der Waals surface area (Å²) < 4.78 is 0. The SMILES string of the molecule is CSc1ccc(C2NC(=O)c3sc4[nH+]c(C5CC5)cc(-c5ccccc5)c4c3N2)cc1. The molecule has 1 unspecified atom stereocenters. The van der Waals surface area contributed by atoms with E-state index in [0.717, 1.165) is 26.3 Å². The van der Waals surface area contributed by atoms with E-state index in [1.807, 2.05) is 6.07 Å². The number of amides is 1. The van der Waals surface area contributed by atoms with Crippen LogP contribution in [0.5, 0.6) is 0 Å². The molecule has 1 amide bonds. The highest BCUT2D eigenvalue weighted by Crippen LogP contribution is 2.46. The molecule has 2 aromatic heterocycles. The average molecular weight is 445 g/mol. The molecule has 6 heteroatoms. The fourth-order valence-electron chi connectivity index (χ4n) is 4.27. The van der Waals surface area contributed by atoms with Gasteiger partial charge in [-0.25, -0.2) is 0 Å². The third-order valence-corrected chi connectivity index (χ3v) is 7.90. The molecule has 1 aliphatic heterocycles. The lowest BCUT2D eigenvalue weighted by molar-refractivity contribution is -0.354. The highest BCUT2D eigenvalue weighted by Gasteiger charge is 2.35. The minimum Gasteiger partial charge on any atom is -0.359 e. The zero-order valence-electron chi connectivity index (χ0n) is 17.1. The molecule has 4 aromatic rings. The largest absolute Gasteiger partial charge is 0.359 e. The van der Waals surface area contributed by atoms with Crippen LogP contribution in [0, 0.1) is 0 Å². The monoisotopic (exact) mass is 444 g/mol. The number of H-pyrrole nitrogens is 1. The number of hydrogen-bond acceptors (Lipinski definition) is 4. The van der Waals surface area contributed by atoms with Crippen molar-refractivity contribution in [3.8, 4) is 11.1 Å². The summed E-state index contributed by atoms with van der Waals surface area (Å²) in [6, 6.07) is 21.1. The molecule has 2 aliphatic rings. The third kappa shape index (κ3) is 3.30. The first-order valence-electron chi connectivity index (χ1n) is 10.5. The summed E-state index contributed by atoms with van der Waals surface area (Å²) in [5, 5.41) is 7.87. The number of anilines is 1. The first-order chi connectivity index (χ1) is 15.2. The van der Waals surface area contributed by atoms with Crippen LogP contribution in [0.1, 0.15) is 45.9 Å². The van der Waals surface area contributed by atoms with Crippen LogP contribution in [0.25, 0.3) is 21.3 Å². The molecule has 0 radical (unpaired) electrons. The molecule has 3 heterocycles. The predicted octanol–water partition coefficient (Wildman–Crippen LogP) is 5.84. The molecule has 6 rings (SSSR count). The molecule has 3 N–H and O–H groups in total. The molecule has 1 fully saturated rings. The van der Waals surface area contributed by atoms with Crippen LogP contribution in [-0.2, 0) is 0 Å². The molecule has 0 saturated heterocycles. The lowest BCUT2D eigenvalue weighted by atomic mass is 9.99. The Kier molecular flexibility index (Phi) is 4.51. The van der Waals surface area contributed by atoms with Crippen molar-refractivity contribution in [3.05, 3.63) is 76.8 Å². The number of benzene rings is 2. The Morgan fingerprint density at radius 1 is 1.03 bits per heavy atom. The molecular weight excluding hydrogens is 422 g/mol. The van der Waals surface area contributed by atoms with E-state index in [0.29, 0.717) is 5.92 Å². The highest BCUT2D eigenvalue weighted by atomic mass is 32.2. The molecule has 0 bridgehead atoms. The quantitative estimate of drug-likeness (QED) is 0.389. The maximum atomic E-state index is 13.1. The van der Waals surface area contributed by atoms with Gasteiger partial charge >= 0.3 is 0 Å². The van der Waals surface area contributed by atoms with Crippen molar-refractivity contribution in [2.24, 2.45) is 0 Å². The molecule has 1 atom stereocenters. The standard InChI is InChI=1S/C25H21N3OS2/c1-30-17-11-9-16(10-12-17)23-27-21-20-18(14-5-3-2-4-6-14)13-19(15-7-8-15)26-25(20)31-22(21)24(29)28-23/h2-6,9-13,15,23,27H,7-8H2,1H3,(H,28,29)/p+1. The van der Waals surface area contributed by atoms with E-state index in [1.54, 1.807) is 23.1 Å². The summed E-state index contributed by atoms with van der Waals surface area (Å²) in [5.74, 6) is 0.588. The second-order valence-electron chi connectivity index (χ2n) is 8.11. The molecule has 154 valence electrons. The van der Waals surface area contributed by atoms with Gasteiger partial charge in [-0.1, -0.05) is 53.8 Å². The van der Waals surface area contributed by atoms with Gasteiger partial charge in [0, 0.05) is 22.4 Å². The minimum atomic E-state index is -0.250. The topological polar surface area (TPSA) is 55.3 Å². The number of aromatic nitrogens is 1. The first kappa shape index (κ1) is 18.9. The summed E-state index contributed by atoms with van der Waals surface area (Å²) in [6.45, 7) is 0. The maximum absolute atomic E-state index is 13.1. The Labute approximate surface area is 189 Å². The number of thioether (sulfide) groups is 1. The first-order valence-corrected chi connectivity index (χ1v) is 12.5. The lowest BCUT2D eigenvalue weighted by Gasteiger charge is -2.26. The molecular formula is C25H22N3OS2+. The summed E-state index contributed by atoms with van der Waals surface area (Å²) in [4.78, 5) is 19.7. The summed E-state index contributed by atoms with van der Waals surface area (Å²) in [5.41, 5.74) is 5.62. The van der Waals surface area contributed by atoms with Gasteiger partial charge in [0.1, 0.15) is 11.0 Å².